The molecule has 168 valence electrons. The summed E-state index contributed by atoms with van der Waals surface area (Å²) in [6, 6.07) is 12.5. The van der Waals surface area contributed by atoms with E-state index in [1.165, 1.54) is 28.0 Å². The van der Waals surface area contributed by atoms with Crippen LogP contribution in [0.2, 0.25) is 0 Å². The van der Waals surface area contributed by atoms with Crippen LogP contribution < -0.4 is 14.9 Å². The molecule has 1 aliphatic heterocycles. The van der Waals surface area contributed by atoms with Crippen LogP contribution in [0, 0.1) is 10.1 Å². The molecule has 33 heavy (non-hydrogen) atoms. The van der Waals surface area contributed by atoms with Gasteiger partial charge in [-0.3, -0.25) is 19.5 Å². The lowest BCUT2D eigenvalue weighted by atomic mass is 9.95. The maximum absolute atomic E-state index is 13.5. The van der Waals surface area contributed by atoms with Crippen LogP contribution >= 0.6 is 27.3 Å². The molecule has 0 fully saturated rings. The van der Waals surface area contributed by atoms with Crippen molar-refractivity contribution in [3.63, 3.8) is 0 Å². The predicted molar refractivity (Wildman–Crippen MR) is 128 cm³/mol. The third-order valence-electron chi connectivity index (χ3n) is 5.08. The van der Waals surface area contributed by atoms with Gasteiger partial charge in [0, 0.05) is 16.6 Å². The van der Waals surface area contributed by atoms with Gasteiger partial charge < -0.3 is 4.74 Å². The van der Waals surface area contributed by atoms with E-state index in [1.54, 1.807) is 32.1 Å². The predicted octanol–water partition coefficient (Wildman–Crippen LogP) is 3.47. The first kappa shape index (κ1) is 22.8. The zero-order valence-electron chi connectivity index (χ0n) is 17.6. The maximum Gasteiger partial charge on any atom is 0.338 e. The van der Waals surface area contributed by atoms with Crippen LogP contribution in [0.1, 0.15) is 31.0 Å². The smallest absolute Gasteiger partial charge is 0.338 e. The summed E-state index contributed by atoms with van der Waals surface area (Å²) >= 11 is 4.65. The van der Waals surface area contributed by atoms with Crippen molar-refractivity contribution in [2.24, 2.45) is 4.99 Å². The molecule has 3 aromatic rings. The van der Waals surface area contributed by atoms with Crippen LogP contribution in [-0.2, 0) is 9.53 Å². The fourth-order valence-corrected chi connectivity index (χ4v) is 5.10. The van der Waals surface area contributed by atoms with E-state index >= 15 is 0 Å². The Bertz CT molecular complexity index is 1470. The van der Waals surface area contributed by atoms with Crippen molar-refractivity contribution in [1.29, 1.82) is 0 Å². The average Bonchev–Trinajstić information content (AvgIpc) is 3.07. The van der Waals surface area contributed by atoms with Crippen LogP contribution in [0.3, 0.4) is 0 Å². The summed E-state index contributed by atoms with van der Waals surface area (Å²) in [5, 5.41) is 11.1. The first-order valence-electron chi connectivity index (χ1n) is 9.99. The molecule has 0 radical (unpaired) electrons. The van der Waals surface area contributed by atoms with Gasteiger partial charge in [0.2, 0.25) is 0 Å². The number of ether oxygens (including phenoxy) is 1. The Kier molecular flexibility index (Phi) is 6.39. The highest BCUT2D eigenvalue weighted by atomic mass is 79.9. The van der Waals surface area contributed by atoms with Gasteiger partial charge in [-0.15, -0.1) is 0 Å². The Hall–Kier alpha value is -3.37. The monoisotopic (exact) mass is 527 g/mol. The molecule has 0 spiro atoms. The zero-order chi connectivity index (χ0) is 23.7. The lowest BCUT2D eigenvalue weighted by Gasteiger charge is -2.24. The SMILES string of the molecule is CCOC(=O)C1=C(C)N=c2sc(=Cc3cccc(Br)c3)c(=O)n2C1c1ccc([N+](=O)[O-])cc1. The Morgan fingerprint density at radius 3 is 2.67 bits per heavy atom. The number of nitro benzene ring substituents is 1. The van der Waals surface area contributed by atoms with Crippen molar-refractivity contribution in [2.45, 2.75) is 19.9 Å². The molecular weight excluding hydrogens is 510 g/mol. The molecule has 0 amide bonds. The van der Waals surface area contributed by atoms with Crippen LogP contribution in [0.5, 0.6) is 0 Å². The van der Waals surface area contributed by atoms with E-state index in [0.29, 0.717) is 20.6 Å². The molecule has 10 heteroatoms. The lowest BCUT2D eigenvalue weighted by Crippen LogP contribution is -2.39. The number of carbonyl (C=O) groups excluding carboxylic acids is 1. The van der Waals surface area contributed by atoms with E-state index in [4.69, 9.17) is 4.74 Å². The van der Waals surface area contributed by atoms with Crippen LogP contribution in [0.15, 0.2) is 74.1 Å². The molecule has 1 unspecified atom stereocenters. The number of nitro groups is 1. The van der Waals surface area contributed by atoms with Gasteiger partial charge in [0.05, 0.1) is 33.4 Å². The number of esters is 1. The van der Waals surface area contributed by atoms with Gasteiger partial charge in [0.1, 0.15) is 0 Å². The van der Waals surface area contributed by atoms with E-state index in [0.717, 1.165) is 10.0 Å². The van der Waals surface area contributed by atoms with Crippen LogP contribution in [-0.4, -0.2) is 22.1 Å². The number of nitrogens with zero attached hydrogens (tertiary/aromatic N) is 3. The van der Waals surface area contributed by atoms with Gasteiger partial charge in [0.15, 0.2) is 4.80 Å². The molecule has 2 heterocycles. The van der Waals surface area contributed by atoms with E-state index in [9.17, 15) is 19.7 Å². The highest BCUT2D eigenvalue weighted by molar-refractivity contribution is 9.10. The van der Waals surface area contributed by atoms with Gasteiger partial charge in [0.25, 0.3) is 11.2 Å². The van der Waals surface area contributed by atoms with Gasteiger partial charge in [-0.25, -0.2) is 9.79 Å². The number of aromatic nitrogens is 1. The number of allylic oxidation sites excluding steroid dienone is 1. The first-order valence-corrected chi connectivity index (χ1v) is 11.6. The fourth-order valence-electron chi connectivity index (χ4n) is 3.63. The van der Waals surface area contributed by atoms with Gasteiger partial charge in [-0.05, 0) is 55.3 Å². The summed E-state index contributed by atoms with van der Waals surface area (Å²) in [7, 11) is 0. The lowest BCUT2D eigenvalue weighted by molar-refractivity contribution is -0.384. The summed E-state index contributed by atoms with van der Waals surface area (Å²) in [6.45, 7) is 3.55. The number of halogens is 1. The largest absolute Gasteiger partial charge is 0.463 e. The molecule has 1 aromatic heterocycles. The number of rotatable bonds is 5. The van der Waals surface area contributed by atoms with Crippen molar-refractivity contribution >= 4 is 45.0 Å². The standard InChI is InChI=1S/C23H18BrN3O5S/c1-3-32-22(29)19-13(2)25-23-26(20(19)15-7-9-17(10-8-15)27(30)31)21(28)18(33-23)12-14-5-4-6-16(24)11-14/h4-12,20H,3H2,1-2H3. The number of hydrogen-bond donors (Lipinski definition) is 0. The molecule has 2 aromatic carbocycles. The average molecular weight is 528 g/mol. The first-order chi connectivity index (χ1) is 15.8. The number of thiazole rings is 1. The minimum atomic E-state index is -0.814. The summed E-state index contributed by atoms with van der Waals surface area (Å²) in [5.74, 6) is -0.580. The van der Waals surface area contributed by atoms with Crippen molar-refractivity contribution in [3.05, 3.63) is 105 Å². The minimum absolute atomic E-state index is 0.0841. The van der Waals surface area contributed by atoms with Gasteiger partial charge >= 0.3 is 5.97 Å². The number of fused-ring (bicyclic) bond motifs is 1. The van der Waals surface area contributed by atoms with E-state index < -0.39 is 16.9 Å². The van der Waals surface area contributed by atoms with Gasteiger partial charge in [-0.1, -0.05) is 39.4 Å². The third-order valence-corrected chi connectivity index (χ3v) is 6.56. The topological polar surface area (TPSA) is 104 Å². The molecule has 1 atom stereocenters. The molecule has 4 rings (SSSR count). The summed E-state index contributed by atoms with van der Waals surface area (Å²) < 4.78 is 8.04. The minimum Gasteiger partial charge on any atom is -0.463 e. The highest BCUT2D eigenvalue weighted by Crippen LogP contribution is 2.31. The highest BCUT2D eigenvalue weighted by Gasteiger charge is 2.33. The fraction of sp³-hybridized carbons (Fsp3) is 0.174. The van der Waals surface area contributed by atoms with Crippen molar-refractivity contribution in [1.82, 2.24) is 4.57 Å². The summed E-state index contributed by atoms with van der Waals surface area (Å²) in [5.41, 5.74) is 1.66. The number of carbonyl (C=O) groups is 1. The molecule has 8 nitrogen and oxygen atoms in total. The molecule has 0 bridgehead atoms. The summed E-state index contributed by atoms with van der Waals surface area (Å²) in [4.78, 5) is 41.9. The normalized spacial score (nSPS) is 15.7. The molecule has 0 aliphatic carbocycles. The third kappa shape index (κ3) is 4.44. The second kappa shape index (κ2) is 9.24. The molecular formula is C23H18BrN3O5S. The Labute approximate surface area is 200 Å². The Morgan fingerprint density at radius 2 is 2.03 bits per heavy atom. The number of non-ortho nitro benzene ring substituents is 1. The molecule has 0 saturated carbocycles. The van der Waals surface area contributed by atoms with Crippen LogP contribution in [0.4, 0.5) is 5.69 Å². The molecule has 0 N–H and O–H groups in total. The zero-order valence-corrected chi connectivity index (χ0v) is 20.1. The maximum atomic E-state index is 13.5. The second-order valence-electron chi connectivity index (χ2n) is 7.21. The van der Waals surface area contributed by atoms with Crippen LogP contribution in [0.25, 0.3) is 6.08 Å². The van der Waals surface area contributed by atoms with E-state index in [-0.39, 0.29) is 23.4 Å². The molecule has 1 aliphatic rings. The van der Waals surface area contributed by atoms with Crippen molar-refractivity contribution in [2.75, 3.05) is 6.61 Å². The molecule has 0 saturated heterocycles. The second-order valence-corrected chi connectivity index (χ2v) is 9.13. The van der Waals surface area contributed by atoms with E-state index in [2.05, 4.69) is 20.9 Å². The quantitative estimate of drug-likeness (QED) is 0.287. The van der Waals surface area contributed by atoms with Crippen molar-refractivity contribution in [3.8, 4) is 0 Å². The van der Waals surface area contributed by atoms with Gasteiger partial charge in [-0.2, -0.15) is 0 Å². The van der Waals surface area contributed by atoms with E-state index in [1.807, 2.05) is 24.3 Å². The Morgan fingerprint density at radius 1 is 1.30 bits per heavy atom. The number of benzene rings is 2. The Balaban J connectivity index is 1.94. The number of hydrogen-bond acceptors (Lipinski definition) is 7. The van der Waals surface area contributed by atoms with Crippen molar-refractivity contribution < 1.29 is 14.5 Å². The summed E-state index contributed by atoms with van der Waals surface area (Å²) in [6.07, 6.45) is 1.77.